The zero-order chi connectivity index (χ0) is 46.8. The molecule has 68 heavy (non-hydrogen) atoms. The predicted octanol–water partition coefficient (Wildman–Crippen LogP) is 9.91. The smallest absolute Gasteiger partial charge is 0.508 e. The number of likely N-dealkylation sites (tertiary alicyclic amines) is 2. The molecule has 5 aromatic carbocycles. The number of aromatic nitrogens is 3. The van der Waals surface area contributed by atoms with Crippen LogP contribution in [0.3, 0.4) is 0 Å². The van der Waals surface area contributed by atoms with Crippen molar-refractivity contribution in [2.75, 3.05) is 32.7 Å². The maximum absolute atomic E-state index is 13.6. The van der Waals surface area contributed by atoms with Gasteiger partial charge >= 0.3 is 6.36 Å². The van der Waals surface area contributed by atoms with Gasteiger partial charge in [-0.3, -0.25) is 14.5 Å². The summed E-state index contributed by atoms with van der Waals surface area (Å²) in [5.41, 5.74) is 6.91. The fourth-order valence-corrected chi connectivity index (χ4v) is 11.2. The van der Waals surface area contributed by atoms with E-state index in [1.807, 2.05) is 41.3 Å². The lowest BCUT2D eigenvalue weighted by molar-refractivity contribution is -0.274. The minimum absolute atomic E-state index is 0.0226. The van der Waals surface area contributed by atoms with Gasteiger partial charge in [0, 0.05) is 42.5 Å². The Morgan fingerprint density at radius 3 is 2.31 bits per heavy atom. The number of carbonyl (C=O) groups is 2. The first-order valence-corrected chi connectivity index (χ1v) is 24.1. The molecule has 350 valence electrons. The number of benzene rings is 5. The number of piperidine rings is 2. The van der Waals surface area contributed by atoms with Crippen molar-refractivity contribution >= 4 is 40.0 Å². The lowest BCUT2D eigenvalue weighted by atomic mass is 9.69. The van der Waals surface area contributed by atoms with E-state index in [-0.39, 0.29) is 35.3 Å². The summed E-state index contributed by atoms with van der Waals surface area (Å²) in [7, 11) is 0. The lowest BCUT2D eigenvalue weighted by Gasteiger charge is -2.36. The molecule has 3 aliphatic rings. The third kappa shape index (κ3) is 10.1. The van der Waals surface area contributed by atoms with Gasteiger partial charge in [-0.2, -0.15) is 5.10 Å². The molecule has 0 bridgehead atoms. The Morgan fingerprint density at radius 2 is 1.53 bits per heavy atom. The van der Waals surface area contributed by atoms with Crippen LogP contribution in [0.5, 0.6) is 17.2 Å². The number of nitrogens with one attached hydrogen (secondary N) is 1. The van der Waals surface area contributed by atoms with Gasteiger partial charge in [0.1, 0.15) is 23.4 Å². The molecule has 2 fully saturated rings. The number of para-hydroxylation sites is 2. The Labute approximate surface area is 396 Å². The van der Waals surface area contributed by atoms with Crippen molar-refractivity contribution in [1.82, 2.24) is 29.7 Å². The normalized spacial score (nSPS) is 18.4. The summed E-state index contributed by atoms with van der Waals surface area (Å²) in [6.45, 7) is 3.19. The van der Waals surface area contributed by atoms with Crippen LogP contribution in [0, 0.1) is 0 Å². The number of halogens is 3. The molecule has 0 spiro atoms. The van der Waals surface area contributed by atoms with Crippen molar-refractivity contribution in [2.24, 2.45) is 0 Å². The SMILES string of the molecule is O=C(NCc1cc2c3ccccc3nc(SC3CCN(CC(=O)N4CCC(Oc5ccc([C@@H]6c7ccc(O)cc7CC[C@@H]6c6ccccc6)cc5)CC4)CC3)n2n1)c1ccccc1OC(F)(F)F. The van der Waals surface area contributed by atoms with Gasteiger partial charge in [-0.25, -0.2) is 9.50 Å². The lowest BCUT2D eigenvalue weighted by Crippen LogP contribution is -2.47. The molecule has 0 saturated carbocycles. The molecule has 2 aliphatic heterocycles. The number of amides is 2. The molecule has 7 aromatic rings. The van der Waals surface area contributed by atoms with E-state index in [1.54, 1.807) is 22.3 Å². The van der Waals surface area contributed by atoms with E-state index >= 15 is 0 Å². The summed E-state index contributed by atoms with van der Waals surface area (Å²) in [6, 6.07) is 39.8. The topological polar surface area (TPSA) is 122 Å². The number of ether oxygens (including phenoxy) is 2. The number of phenolic OH excluding ortho intramolecular Hbond substituents is 1. The van der Waals surface area contributed by atoms with E-state index in [1.165, 1.54) is 40.5 Å². The van der Waals surface area contributed by atoms with E-state index in [2.05, 4.69) is 75.6 Å². The second-order valence-electron chi connectivity index (χ2n) is 17.8. The summed E-state index contributed by atoms with van der Waals surface area (Å²) in [6.07, 6.45) is 0.264. The average Bonchev–Trinajstić information content (AvgIpc) is 3.79. The third-order valence-corrected chi connectivity index (χ3v) is 14.7. The highest BCUT2D eigenvalue weighted by atomic mass is 32.2. The molecular formula is C53H51F3N6O5S. The Morgan fingerprint density at radius 1 is 0.794 bits per heavy atom. The van der Waals surface area contributed by atoms with Crippen LogP contribution in [0.25, 0.3) is 16.4 Å². The average molecular weight is 941 g/mol. The second-order valence-corrected chi connectivity index (χ2v) is 19.1. The molecule has 2 atom stereocenters. The van der Waals surface area contributed by atoms with Crippen LogP contribution in [0.1, 0.15) is 82.2 Å². The molecule has 1 aliphatic carbocycles. The number of phenols is 1. The number of aromatic hydroxyl groups is 1. The van der Waals surface area contributed by atoms with Crippen LogP contribution in [-0.4, -0.2) is 91.8 Å². The highest BCUT2D eigenvalue weighted by molar-refractivity contribution is 7.99. The van der Waals surface area contributed by atoms with E-state index in [0.717, 1.165) is 79.8 Å². The largest absolute Gasteiger partial charge is 0.573 e. The van der Waals surface area contributed by atoms with Crippen LogP contribution in [-0.2, 0) is 17.8 Å². The van der Waals surface area contributed by atoms with Crippen molar-refractivity contribution in [3.05, 3.63) is 161 Å². The predicted molar refractivity (Wildman–Crippen MR) is 254 cm³/mol. The van der Waals surface area contributed by atoms with Crippen LogP contribution >= 0.6 is 11.8 Å². The van der Waals surface area contributed by atoms with Gasteiger partial charge in [0.15, 0.2) is 5.16 Å². The molecule has 4 heterocycles. The molecule has 15 heteroatoms. The number of rotatable bonds is 12. The van der Waals surface area contributed by atoms with Gasteiger partial charge in [0.2, 0.25) is 5.91 Å². The van der Waals surface area contributed by atoms with Crippen LogP contribution < -0.4 is 14.8 Å². The number of hydrogen-bond donors (Lipinski definition) is 2. The second kappa shape index (κ2) is 19.6. The number of alkyl halides is 3. The Balaban J connectivity index is 0.715. The number of carbonyl (C=O) groups excluding carboxylic acids is 2. The molecule has 0 radical (unpaired) electrons. The van der Waals surface area contributed by atoms with Crippen LogP contribution in [0.4, 0.5) is 13.2 Å². The van der Waals surface area contributed by atoms with E-state index in [0.29, 0.717) is 42.2 Å². The van der Waals surface area contributed by atoms with Gasteiger partial charge in [-0.05, 0) is 115 Å². The van der Waals surface area contributed by atoms with Gasteiger partial charge in [0.05, 0.1) is 35.4 Å². The quantitative estimate of drug-likeness (QED) is 0.115. The minimum Gasteiger partial charge on any atom is -0.508 e. The first-order valence-electron chi connectivity index (χ1n) is 23.2. The van der Waals surface area contributed by atoms with Gasteiger partial charge in [0.25, 0.3) is 5.91 Å². The number of thioether (sulfide) groups is 1. The number of nitrogens with zero attached hydrogens (tertiary/aromatic N) is 5. The van der Waals surface area contributed by atoms with Crippen molar-refractivity contribution < 1.29 is 37.3 Å². The fraction of sp³-hybridized carbons (Fsp3) is 0.321. The zero-order valence-electron chi connectivity index (χ0n) is 37.3. The Bertz CT molecular complexity index is 2920. The summed E-state index contributed by atoms with van der Waals surface area (Å²) in [4.78, 5) is 35.7. The molecular weight excluding hydrogens is 890 g/mol. The Hall–Kier alpha value is -6.58. The molecule has 2 saturated heterocycles. The first kappa shape index (κ1) is 45.2. The molecule has 11 nitrogen and oxygen atoms in total. The van der Waals surface area contributed by atoms with E-state index in [4.69, 9.17) is 14.8 Å². The monoisotopic (exact) mass is 940 g/mol. The maximum Gasteiger partial charge on any atom is 0.573 e. The number of hydrogen-bond acceptors (Lipinski definition) is 9. The molecule has 0 unspecified atom stereocenters. The molecule has 2 amide bonds. The van der Waals surface area contributed by atoms with Crippen molar-refractivity contribution in [3.8, 4) is 17.2 Å². The first-order chi connectivity index (χ1) is 33.0. The van der Waals surface area contributed by atoms with Crippen LogP contribution in [0.15, 0.2) is 133 Å². The third-order valence-electron chi connectivity index (χ3n) is 13.4. The van der Waals surface area contributed by atoms with Gasteiger partial charge in [-0.1, -0.05) is 90.6 Å². The molecule has 10 rings (SSSR count). The molecule has 2 aromatic heterocycles. The highest BCUT2D eigenvalue weighted by Gasteiger charge is 2.34. The van der Waals surface area contributed by atoms with Crippen molar-refractivity contribution in [3.63, 3.8) is 0 Å². The molecule has 2 N–H and O–H groups in total. The minimum atomic E-state index is -4.94. The van der Waals surface area contributed by atoms with Gasteiger partial charge in [-0.15, -0.1) is 13.2 Å². The summed E-state index contributed by atoms with van der Waals surface area (Å²) in [5, 5.41) is 19.5. The van der Waals surface area contributed by atoms with Crippen molar-refractivity contribution in [1.29, 1.82) is 0 Å². The van der Waals surface area contributed by atoms with Gasteiger partial charge < -0.3 is 24.8 Å². The zero-order valence-corrected chi connectivity index (χ0v) is 38.1. The number of fused-ring (bicyclic) bond motifs is 4. The van der Waals surface area contributed by atoms with E-state index < -0.39 is 18.0 Å². The number of aryl methyl sites for hydroxylation is 1. The maximum atomic E-state index is 13.6. The summed E-state index contributed by atoms with van der Waals surface area (Å²) >= 11 is 1.64. The van der Waals surface area contributed by atoms with E-state index in [9.17, 15) is 27.9 Å². The standard InChI is InChI=1S/C53H51F3N6O5S/c54-53(55,56)67-48-13-7-5-11-45(48)51(65)57-32-37-31-47-44-10-4-6-12-46(44)58-52(62(47)59-37)68-41-24-26-60(27-25-41)33-49(64)61-28-22-40(23-29-61)66-39-18-14-35(15-19-39)50-42(34-8-2-1-3-9-34)20-16-36-30-38(63)17-21-43(36)50/h1-15,17-19,21,30-31,40-42,50,63H,16,20,22-29,32-33H2,(H,57,65)/t42-,50+/m1/s1. The Kier molecular flexibility index (Phi) is 13.0. The van der Waals surface area contributed by atoms with Crippen molar-refractivity contribution in [2.45, 2.75) is 79.8 Å². The highest BCUT2D eigenvalue weighted by Crippen LogP contribution is 2.47. The van der Waals surface area contributed by atoms with Crippen LogP contribution in [0.2, 0.25) is 0 Å². The summed E-state index contributed by atoms with van der Waals surface area (Å²) < 4.78 is 51.3. The summed E-state index contributed by atoms with van der Waals surface area (Å²) in [5.74, 6) is 0.476. The fourth-order valence-electron chi connectivity index (χ4n) is 10.1.